The van der Waals surface area contributed by atoms with Gasteiger partial charge in [-0.1, -0.05) is 0 Å². The molecule has 0 saturated heterocycles. The van der Waals surface area contributed by atoms with Gasteiger partial charge in [-0.2, -0.15) is 0 Å². The molecule has 0 aliphatic rings. The molecule has 13 heavy (non-hydrogen) atoms. The van der Waals surface area contributed by atoms with Crippen molar-refractivity contribution in [2.75, 3.05) is 0 Å². The van der Waals surface area contributed by atoms with Crippen LogP contribution < -0.4 is 0 Å². The van der Waals surface area contributed by atoms with E-state index in [-0.39, 0.29) is 5.82 Å². The average molecular weight is 177 g/mol. The first-order valence-corrected chi connectivity index (χ1v) is 3.86. The van der Waals surface area contributed by atoms with Gasteiger partial charge >= 0.3 is 0 Å². The van der Waals surface area contributed by atoms with Gasteiger partial charge in [-0.25, -0.2) is 9.37 Å². The lowest BCUT2D eigenvalue weighted by Crippen LogP contribution is -1.98. The molecule has 0 bridgehead atoms. The summed E-state index contributed by atoms with van der Waals surface area (Å²) in [6, 6.07) is 2.94. The quantitative estimate of drug-likeness (QED) is 0.663. The highest BCUT2D eigenvalue weighted by atomic mass is 19.1. The predicted molar refractivity (Wildman–Crippen MR) is 47.7 cm³/mol. The normalized spacial score (nSPS) is 10.6. The van der Waals surface area contributed by atoms with Gasteiger partial charge in [0.25, 0.3) is 0 Å². The fourth-order valence-electron chi connectivity index (χ4n) is 1.23. The van der Waals surface area contributed by atoms with Gasteiger partial charge in [0.1, 0.15) is 11.5 Å². The highest BCUT2D eigenvalue weighted by Gasteiger charge is 2.04. The van der Waals surface area contributed by atoms with Gasteiger partial charge in [0.05, 0.1) is 17.6 Å². The van der Waals surface area contributed by atoms with Crippen molar-refractivity contribution in [1.82, 2.24) is 9.38 Å². The van der Waals surface area contributed by atoms with E-state index in [1.807, 2.05) is 0 Å². The summed E-state index contributed by atoms with van der Waals surface area (Å²) in [6.45, 7) is 1.65. The molecule has 0 amide bonds. The minimum absolute atomic E-state index is 0.326. The van der Waals surface area contributed by atoms with Crippen LogP contribution in [0.25, 0.3) is 5.65 Å². The number of aromatic nitrogens is 2. The molecule has 3 nitrogen and oxygen atoms in total. The van der Waals surface area contributed by atoms with Gasteiger partial charge in [-0.15, -0.1) is 0 Å². The first-order chi connectivity index (χ1) is 6.18. The van der Waals surface area contributed by atoms with Gasteiger partial charge in [-0.05, 0) is 19.1 Å². The second-order valence-corrected chi connectivity index (χ2v) is 2.84. The number of nitrogens with one attached hydrogen (secondary N) is 1. The Balaban J connectivity index is 2.79. The number of hydrogen-bond acceptors (Lipinski definition) is 2. The molecule has 0 aliphatic heterocycles. The van der Waals surface area contributed by atoms with Crippen molar-refractivity contribution in [3.05, 3.63) is 36.0 Å². The Morgan fingerprint density at radius 3 is 3.00 bits per heavy atom. The summed E-state index contributed by atoms with van der Waals surface area (Å²) < 4.78 is 14.4. The third-order valence-electron chi connectivity index (χ3n) is 1.85. The van der Waals surface area contributed by atoms with E-state index in [2.05, 4.69) is 4.98 Å². The molecule has 2 aromatic rings. The topological polar surface area (TPSA) is 41.2 Å². The fourth-order valence-corrected chi connectivity index (χ4v) is 1.23. The zero-order chi connectivity index (χ0) is 9.42. The average Bonchev–Trinajstić information content (AvgIpc) is 2.46. The highest BCUT2D eigenvalue weighted by molar-refractivity contribution is 5.95. The largest absolute Gasteiger partial charge is 0.303 e. The van der Waals surface area contributed by atoms with Crippen LogP contribution in [0.3, 0.4) is 0 Å². The lowest BCUT2D eigenvalue weighted by Gasteiger charge is -1.98. The predicted octanol–water partition coefficient (Wildman–Crippen LogP) is 1.86. The Labute approximate surface area is 74.3 Å². The molecule has 4 heteroatoms. The minimum atomic E-state index is -0.326. The number of fused-ring (bicyclic) bond motifs is 1. The molecule has 66 valence electrons. The number of halogens is 1. The molecular weight excluding hydrogens is 169 g/mol. The first kappa shape index (κ1) is 7.91. The van der Waals surface area contributed by atoms with Crippen LogP contribution in [-0.2, 0) is 0 Å². The Morgan fingerprint density at radius 2 is 2.31 bits per heavy atom. The summed E-state index contributed by atoms with van der Waals surface area (Å²) >= 11 is 0. The SMILES string of the molecule is CC(=N)c1cnc2ccc(F)cn12. The van der Waals surface area contributed by atoms with E-state index in [1.165, 1.54) is 12.3 Å². The molecule has 0 unspecified atom stereocenters. The molecular formula is C9H8FN3. The maximum absolute atomic E-state index is 12.8. The standard InChI is InChI=1S/C9H8FN3/c1-6(11)8-4-12-9-3-2-7(10)5-13(8)9/h2-5,11H,1H3. The molecule has 0 saturated carbocycles. The van der Waals surface area contributed by atoms with E-state index in [4.69, 9.17) is 5.41 Å². The Kier molecular flexibility index (Phi) is 1.62. The third-order valence-corrected chi connectivity index (χ3v) is 1.85. The first-order valence-electron chi connectivity index (χ1n) is 3.86. The van der Waals surface area contributed by atoms with Gasteiger partial charge in [-0.3, -0.25) is 4.40 Å². The van der Waals surface area contributed by atoms with Crippen molar-refractivity contribution in [3.63, 3.8) is 0 Å². The van der Waals surface area contributed by atoms with E-state index in [0.29, 0.717) is 17.1 Å². The van der Waals surface area contributed by atoms with Gasteiger partial charge in [0.2, 0.25) is 0 Å². The van der Waals surface area contributed by atoms with Crippen molar-refractivity contribution in [3.8, 4) is 0 Å². The second-order valence-electron chi connectivity index (χ2n) is 2.84. The van der Waals surface area contributed by atoms with Crippen LogP contribution in [0.15, 0.2) is 24.5 Å². The van der Waals surface area contributed by atoms with E-state index in [0.717, 1.165) is 0 Å². The molecule has 1 N–H and O–H groups in total. The third kappa shape index (κ3) is 1.20. The van der Waals surface area contributed by atoms with Crippen LogP contribution in [0.2, 0.25) is 0 Å². The van der Waals surface area contributed by atoms with Gasteiger partial charge < -0.3 is 5.41 Å². The van der Waals surface area contributed by atoms with E-state index in [9.17, 15) is 4.39 Å². The van der Waals surface area contributed by atoms with Gasteiger partial charge in [0, 0.05) is 6.20 Å². The number of imidazole rings is 1. The zero-order valence-corrected chi connectivity index (χ0v) is 7.08. The fraction of sp³-hybridized carbons (Fsp3) is 0.111. The van der Waals surface area contributed by atoms with Gasteiger partial charge in [0.15, 0.2) is 0 Å². The van der Waals surface area contributed by atoms with Crippen LogP contribution in [0.5, 0.6) is 0 Å². The summed E-state index contributed by atoms with van der Waals surface area (Å²) in [5, 5.41) is 7.42. The molecule has 0 aliphatic carbocycles. The van der Waals surface area contributed by atoms with Crippen molar-refractivity contribution in [2.24, 2.45) is 0 Å². The summed E-state index contributed by atoms with van der Waals surface area (Å²) in [6.07, 6.45) is 2.90. The smallest absolute Gasteiger partial charge is 0.139 e. The Bertz CT molecular complexity index is 473. The minimum Gasteiger partial charge on any atom is -0.303 e. The van der Waals surface area contributed by atoms with Crippen molar-refractivity contribution < 1.29 is 4.39 Å². The summed E-state index contributed by atoms with van der Waals surface area (Å²) in [5.41, 5.74) is 1.65. The molecule has 0 atom stereocenters. The van der Waals surface area contributed by atoms with Crippen molar-refractivity contribution in [2.45, 2.75) is 6.92 Å². The number of hydrogen-bond donors (Lipinski definition) is 1. The summed E-state index contributed by atoms with van der Waals surface area (Å²) in [7, 11) is 0. The second kappa shape index (κ2) is 2.65. The maximum atomic E-state index is 12.8. The summed E-state index contributed by atoms with van der Waals surface area (Å²) in [5.74, 6) is -0.326. The molecule has 2 aromatic heterocycles. The van der Waals surface area contributed by atoms with Crippen LogP contribution in [0, 0.1) is 11.2 Å². The Hall–Kier alpha value is -1.71. The summed E-state index contributed by atoms with van der Waals surface area (Å²) in [4.78, 5) is 4.04. The molecule has 0 aromatic carbocycles. The lowest BCUT2D eigenvalue weighted by atomic mass is 10.3. The van der Waals surface area contributed by atoms with Crippen LogP contribution >= 0.6 is 0 Å². The molecule has 0 radical (unpaired) electrons. The molecule has 2 rings (SSSR count). The van der Waals surface area contributed by atoms with Crippen LogP contribution in [0.1, 0.15) is 12.6 Å². The lowest BCUT2D eigenvalue weighted by molar-refractivity contribution is 0.619. The van der Waals surface area contributed by atoms with Crippen LogP contribution in [0.4, 0.5) is 4.39 Å². The molecule has 0 spiro atoms. The zero-order valence-electron chi connectivity index (χ0n) is 7.08. The highest BCUT2D eigenvalue weighted by Crippen LogP contribution is 2.08. The molecule has 2 heterocycles. The van der Waals surface area contributed by atoms with Crippen molar-refractivity contribution in [1.29, 1.82) is 5.41 Å². The van der Waals surface area contributed by atoms with E-state index in [1.54, 1.807) is 23.6 Å². The molecule has 0 fully saturated rings. The number of rotatable bonds is 1. The van der Waals surface area contributed by atoms with Crippen molar-refractivity contribution >= 4 is 11.4 Å². The van der Waals surface area contributed by atoms with E-state index >= 15 is 0 Å². The number of pyridine rings is 1. The maximum Gasteiger partial charge on any atom is 0.139 e. The Morgan fingerprint density at radius 1 is 1.54 bits per heavy atom. The van der Waals surface area contributed by atoms with E-state index < -0.39 is 0 Å². The monoisotopic (exact) mass is 177 g/mol. The number of nitrogens with zero attached hydrogens (tertiary/aromatic N) is 2. The van der Waals surface area contributed by atoms with Crippen LogP contribution in [-0.4, -0.2) is 15.1 Å².